The van der Waals surface area contributed by atoms with E-state index in [0.29, 0.717) is 6.42 Å². The van der Waals surface area contributed by atoms with Crippen LogP contribution in [0.3, 0.4) is 0 Å². The molecule has 12 heteroatoms. The fraction of sp³-hybridized carbons (Fsp3) is 0.613. The zero-order valence-corrected chi connectivity index (χ0v) is 27.4. The number of aromatic nitrogens is 4. The number of amides is 1. The van der Waals surface area contributed by atoms with Crippen LogP contribution in [0.15, 0.2) is 41.5 Å². The lowest BCUT2D eigenvalue weighted by Crippen LogP contribution is -2.60. The number of fused-ring (bicyclic) bond motifs is 1. The topological polar surface area (TPSA) is 141 Å². The van der Waals surface area contributed by atoms with Crippen LogP contribution < -0.4 is 10.9 Å². The summed E-state index contributed by atoms with van der Waals surface area (Å²) in [7, 11) is -2.25. The molecule has 1 aromatic carbocycles. The van der Waals surface area contributed by atoms with Gasteiger partial charge < -0.3 is 19.0 Å². The molecular weight excluding hydrogens is 566 g/mol. The van der Waals surface area contributed by atoms with Crippen molar-refractivity contribution in [2.45, 2.75) is 115 Å². The lowest BCUT2D eigenvalue weighted by atomic mass is 9.84. The molecule has 3 heterocycles. The van der Waals surface area contributed by atoms with Gasteiger partial charge in [0.05, 0.1) is 18.5 Å². The summed E-state index contributed by atoms with van der Waals surface area (Å²) in [6.07, 6.45) is 0.714. The van der Waals surface area contributed by atoms with Gasteiger partial charge in [-0.3, -0.25) is 24.5 Å². The molecule has 3 N–H and O–H groups in total. The first kappa shape index (κ1) is 31.5. The molecule has 5 rings (SSSR count). The number of aliphatic hydroxyl groups is 1. The summed E-state index contributed by atoms with van der Waals surface area (Å²) in [5.74, 6) is -0.596. The monoisotopic (exact) mass is 611 g/mol. The number of carbonyl (C=O) groups is 1. The van der Waals surface area contributed by atoms with Crippen molar-refractivity contribution in [2.24, 2.45) is 5.92 Å². The number of anilines is 1. The minimum Gasteiger partial charge on any atom is -0.408 e. The predicted octanol–water partition coefficient (Wildman–Crippen LogP) is 4.89. The fourth-order valence-corrected chi connectivity index (χ4v) is 7.42. The maximum atomic E-state index is 12.9. The van der Waals surface area contributed by atoms with Crippen molar-refractivity contribution in [3.63, 3.8) is 0 Å². The molecule has 2 aromatic heterocycles. The van der Waals surface area contributed by atoms with Crippen molar-refractivity contribution in [3.8, 4) is 0 Å². The number of imidazole rings is 1. The normalized spacial score (nSPS) is 25.4. The first-order valence-corrected chi connectivity index (χ1v) is 18.0. The lowest BCUT2D eigenvalue weighted by Gasteiger charge is -2.47. The van der Waals surface area contributed by atoms with Gasteiger partial charge in [-0.2, -0.15) is 4.98 Å². The Morgan fingerprint density at radius 3 is 2.51 bits per heavy atom. The van der Waals surface area contributed by atoms with E-state index >= 15 is 0 Å². The van der Waals surface area contributed by atoms with Gasteiger partial charge in [0.15, 0.2) is 25.7 Å². The molecule has 1 aliphatic carbocycles. The quantitative estimate of drug-likeness (QED) is 0.275. The van der Waals surface area contributed by atoms with Crippen molar-refractivity contribution < 1.29 is 23.8 Å². The molecule has 2 unspecified atom stereocenters. The third-order valence-electron chi connectivity index (χ3n) is 9.40. The molecule has 2 fully saturated rings. The van der Waals surface area contributed by atoms with E-state index in [1.165, 1.54) is 6.33 Å². The number of ether oxygens (including phenoxy) is 2. The van der Waals surface area contributed by atoms with Gasteiger partial charge in [-0.05, 0) is 43.0 Å². The van der Waals surface area contributed by atoms with E-state index in [1.54, 1.807) is 18.4 Å². The molecule has 234 valence electrons. The molecule has 0 bridgehead atoms. The smallest absolute Gasteiger partial charge is 0.280 e. The second-order valence-corrected chi connectivity index (χ2v) is 18.4. The number of hydrogen-bond acceptors (Lipinski definition) is 8. The Hall–Kier alpha value is -2.90. The van der Waals surface area contributed by atoms with Crippen LogP contribution in [0.2, 0.25) is 18.1 Å². The van der Waals surface area contributed by atoms with Crippen LogP contribution in [-0.2, 0) is 25.3 Å². The number of nitrogens with zero attached hydrogens (tertiary/aromatic N) is 3. The number of rotatable bonds is 10. The Morgan fingerprint density at radius 2 is 1.93 bits per heavy atom. The van der Waals surface area contributed by atoms with E-state index in [9.17, 15) is 14.7 Å². The van der Waals surface area contributed by atoms with E-state index < -0.39 is 43.5 Å². The summed E-state index contributed by atoms with van der Waals surface area (Å²) in [4.78, 5) is 36.7. The highest BCUT2D eigenvalue weighted by molar-refractivity contribution is 6.74. The summed E-state index contributed by atoms with van der Waals surface area (Å²) in [5, 5.41) is 14.6. The van der Waals surface area contributed by atoms with Crippen molar-refractivity contribution in [1.29, 1.82) is 0 Å². The Balaban J connectivity index is 1.57. The molecule has 43 heavy (non-hydrogen) atoms. The van der Waals surface area contributed by atoms with Crippen molar-refractivity contribution >= 4 is 31.3 Å². The van der Waals surface area contributed by atoms with E-state index in [0.717, 1.165) is 18.4 Å². The van der Waals surface area contributed by atoms with Gasteiger partial charge in [-0.25, -0.2) is 4.98 Å². The predicted molar refractivity (Wildman–Crippen MR) is 166 cm³/mol. The number of H-pyrrole nitrogens is 1. The van der Waals surface area contributed by atoms with E-state index in [-0.39, 0.29) is 40.6 Å². The minimum absolute atomic E-state index is 0.00370. The summed E-state index contributed by atoms with van der Waals surface area (Å²) in [5.41, 5.74) is -0.879. The second-order valence-electron chi connectivity index (χ2n) is 13.7. The summed E-state index contributed by atoms with van der Waals surface area (Å²) in [6, 6.07) is 9.83. The van der Waals surface area contributed by atoms with Gasteiger partial charge in [0.25, 0.3) is 5.56 Å². The molecule has 1 saturated carbocycles. The average molecular weight is 612 g/mol. The molecule has 3 aromatic rings. The number of benzene rings is 1. The Kier molecular flexibility index (Phi) is 8.23. The molecule has 1 aliphatic heterocycles. The van der Waals surface area contributed by atoms with Crippen LogP contribution in [-0.4, -0.2) is 62.3 Å². The van der Waals surface area contributed by atoms with Gasteiger partial charge in [-0.1, -0.05) is 71.9 Å². The number of nitrogens with one attached hydrogen (secondary N) is 2. The highest BCUT2D eigenvalue weighted by atomic mass is 28.4. The Labute approximate surface area is 253 Å². The highest BCUT2D eigenvalue weighted by Gasteiger charge is 2.72. The van der Waals surface area contributed by atoms with Crippen LogP contribution in [0.25, 0.3) is 11.2 Å². The maximum absolute atomic E-state index is 12.9. The zero-order valence-electron chi connectivity index (χ0n) is 26.4. The van der Waals surface area contributed by atoms with Crippen LogP contribution in [0.1, 0.15) is 72.6 Å². The summed E-state index contributed by atoms with van der Waals surface area (Å²) in [6.45, 7) is 16.9. The Bertz CT molecular complexity index is 1530. The number of aliphatic hydroxyl groups excluding tert-OH is 1. The third kappa shape index (κ3) is 5.59. The average Bonchev–Trinajstić information content (AvgIpc) is 3.48. The van der Waals surface area contributed by atoms with Gasteiger partial charge in [0.2, 0.25) is 11.9 Å². The third-order valence-corrected chi connectivity index (χ3v) is 13.9. The molecule has 11 nitrogen and oxygen atoms in total. The standard InChI is InChI=1S/C31H45N5O6Si/c1-9-31(30(15-16-30)42-43(7,8)29(4,5)6)23(40-17-20-13-11-10-12-14-20)22(37)27(41-31)36-18-32-21-24(36)33-28(35-26(21)39)34-25(38)19(2)3/h10-14,18-19,22-23,27,37H,9,15-17H2,1-8H3,(H2,33,34,35,38,39)/t22?,23?,27-,31+/m1/s1. The number of carbonyl (C=O) groups excluding carboxylic acids is 1. The van der Waals surface area contributed by atoms with Crippen LogP contribution >= 0.6 is 0 Å². The van der Waals surface area contributed by atoms with E-state index in [2.05, 4.69) is 54.1 Å². The molecule has 4 atom stereocenters. The molecular formula is C31H45N5O6Si. The molecule has 1 amide bonds. The van der Waals surface area contributed by atoms with Crippen molar-refractivity contribution in [3.05, 3.63) is 52.6 Å². The maximum Gasteiger partial charge on any atom is 0.280 e. The molecule has 2 aliphatic rings. The second kappa shape index (κ2) is 11.2. The highest BCUT2D eigenvalue weighted by Crippen LogP contribution is 2.61. The first-order valence-electron chi connectivity index (χ1n) is 15.1. The summed E-state index contributed by atoms with van der Waals surface area (Å²) >= 11 is 0. The largest absolute Gasteiger partial charge is 0.408 e. The fourth-order valence-electron chi connectivity index (χ4n) is 5.76. The van der Waals surface area contributed by atoms with Gasteiger partial charge >= 0.3 is 0 Å². The van der Waals surface area contributed by atoms with Crippen molar-refractivity contribution in [2.75, 3.05) is 5.32 Å². The molecule has 1 saturated heterocycles. The van der Waals surface area contributed by atoms with Crippen molar-refractivity contribution in [1.82, 2.24) is 19.5 Å². The van der Waals surface area contributed by atoms with E-state index in [4.69, 9.17) is 13.9 Å². The van der Waals surface area contributed by atoms with Gasteiger partial charge in [-0.15, -0.1) is 0 Å². The lowest BCUT2D eigenvalue weighted by molar-refractivity contribution is -0.184. The summed E-state index contributed by atoms with van der Waals surface area (Å²) < 4.78 is 22.3. The minimum atomic E-state index is -2.25. The van der Waals surface area contributed by atoms with Gasteiger partial charge in [0.1, 0.15) is 17.8 Å². The number of aromatic amines is 1. The molecule has 0 spiro atoms. The van der Waals surface area contributed by atoms with Crippen LogP contribution in [0, 0.1) is 5.92 Å². The van der Waals surface area contributed by atoms with E-state index in [1.807, 2.05) is 37.3 Å². The zero-order chi connectivity index (χ0) is 31.4. The van der Waals surface area contributed by atoms with Crippen LogP contribution in [0.5, 0.6) is 0 Å². The first-order chi connectivity index (χ1) is 20.1. The Morgan fingerprint density at radius 1 is 1.26 bits per heavy atom. The molecule has 0 radical (unpaired) electrons. The van der Waals surface area contributed by atoms with Crippen LogP contribution in [0.4, 0.5) is 5.95 Å². The van der Waals surface area contributed by atoms with Gasteiger partial charge in [0, 0.05) is 5.92 Å². The number of hydrogen-bond donors (Lipinski definition) is 3. The SMILES string of the molecule is CC[C@]1(C2(O[Si](C)(C)C(C)(C)C)CC2)O[C@@H](n2cnc3c(=O)[nH]c(NC(=O)C(C)C)nc32)C(O)C1OCc1ccccc1.